The molecule has 1 saturated heterocycles. The van der Waals surface area contributed by atoms with Gasteiger partial charge in [-0.2, -0.15) is 11.8 Å². The number of amides is 1. The maximum absolute atomic E-state index is 11.9. The third-order valence-corrected chi connectivity index (χ3v) is 4.76. The topological polar surface area (TPSA) is 55.1 Å². The molecule has 5 heteroatoms. The third kappa shape index (κ3) is 2.28. The van der Waals surface area contributed by atoms with Gasteiger partial charge in [-0.1, -0.05) is 12.2 Å². The molecule has 3 nitrogen and oxygen atoms in total. The number of carbonyl (C=O) groups excluding carboxylic acids is 1. The van der Waals surface area contributed by atoms with Crippen LogP contribution >= 0.6 is 24.0 Å². The number of nitrogens with two attached hydrogens (primary N) is 1. The van der Waals surface area contributed by atoms with Gasteiger partial charge in [-0.25, -0.2) is 0 Å². The summed E-state index contributed by atoms with van der Waals surface area (Å²) in [5.41, 5.74) is 5.12. The molecule has 1 aliphatic carbocycles. The number of nitrogens with one attached hydrogen (secondary N) is 1. The van der Waals surface area contributed by atoms with Crippen LogP contribution in [0.25, 0.3) is 0 Å². The van der Waals surface area contributed by atoms with E-state index in [1.165, 1.54) is 12.2 Å². The lowest BCUT2D eigenvalue weighted by molar-refractivity contribution is -0.124. The fourth-order valence-electron chi connectivity index (χ4n) is 1.89. The maximum atomic E-state index is 11.9. The van der Waals surface area contributed by atoms with E-state index in [-0.39, 0.29) is 5.91 Å². The van der Waals surface area contributed by atoms with Crippen LogP contribution in [0.1, 0.15) is 25.7 Å². The Morgan fingerprint density at radius 3 is 2.73 bits per heavy atom. The van der Waals surface area contributed by atoms with Crippen LogP contribution in [-0.4, -0.2) is 28.4 Å². The van der Waals surface area contributed by atoms with E-state index in [9.17, 15) is 4.79 Å². The van der Waals surface area contributed by atoms with Gasteiger partial charge in [0.25, 0.3) is 0 Å². The van der Waals surface area contributed by atoms with E-state index < -0.39 is 5.41 Å². The number of thioether (sulfide) groups is 1. The molecule has 0 aromatic heterocycles. The van der Waals surface area contributed by atoms with Gasteiger partial charge >= 0.3 is 0 Å². The lowest BCUT2D eigenvalue weighted by Gasteiger charge is -2.24. The summed E-state index contributed by atoms with van der Waals surface area (Å²) in [5.74, 6) is 2.30. The smallest absolute Gasteiger partial charge is 0.233 e. The summed E-state index contributed by atoms with van der Waals surface area (Å²) in [4.78, 5) is 12.3. The first-order valence-electron chi connectivity index (χ1n) is 5.34. The van der Waals surface area contributed by atoms with Crippen molar-refractivity contribution in [3.8, 4) is 0 Å². The first-order chi connectivity index (χ1) is 7.15. The van der Waals surface area contributed by atoms with Crippen molar-refractivity contribution in [2.24, 2.45) is 11.1 Å². The molecule has 1 atom stereocenters. The summed E-state index contributed by atoms with van der Waals surface area (Å²) in [6.45, 7) is 0. The summed E-state index contributed by atoms with van der Waals surface area (Å²) in [6, 6.07) is 0.322. The van der Waals surface area contributed by atoms with Gasteiger partial charge in [0.05, 0.1) is 10.4 Å². The molecule has 2 fully saturated rings. The largest absolute Gasteiger partial charge is 0.392 e. The number of carbonyl (C=O) groups is 1. The van der Waals surface area contributed by atoms with Crippen molar-refractivity contribution in [1.29, 1.82) is 0 Å². The molecule has 1 heterocycles. The molecule has 1 unspecified atom stereocenters. The van der Waals surface area contributed by atoms with E-state index in [1.54, 1.807) is 0 Å². The lowest BCUT2D eigenvalue weighted by atomic mass is 10.1. The Morgan fingerprint density at radius 2 is 2.27 bits per heavy atom. The first kappa shape index (κ1) is 11.2. The Morgan fingerprint density at radius 1 is 1.53 bits per heavy atom. The van der Waals surface area contributed by atoms with Gasteiger partial charge in [-0.05, 0) is 31.4 Å². The number of hydrogen-bond acceptors (Lipinski definition) is 3. The molecule has 1 saturated carbocycles. The standard InChI is InChI=1S/C10H16N2OS2/c11-8(14)10(3-4-10)9(13)12-7-2-1-5-15-6-7/h7H,1-6H2,(H2,11,14)(H,12,13). The van der Waals surface area contributed by atoms with Crippen LogP contribution in [0.15, 0.2) is 0 Å². The van der Waals surface area contributed by atoms with Crippen LogP contribution in [0.4, 0.5) is 0 Å². The summed E-state index contributed by atoms with van der Waals surface area (Å²) < 4.78 is 0. The Bertz CT molecular complexity index is 283. The van der Waals surface area contributed by atoms with Crippen molar-refractivity contribution in [2.75, 3.05) is 11.5 Å². The molecule has 0 bridgehead atoms. The maximum Gasteiger partial charge on any atom is 0.233 e. The predicted octanol–water partition coefficient (Wildman–Crippen LogP) is 1.06. The second-order valence-corrected chi connectivity index (χ2v) is 5.92. The summed E-state index contributed by atoms with van der Waals surface area (Å²) in [6.07, 6.45) is 3.93. The third-order valence-electron chi connectivity index (χ3n) is 3.15. The minimum atomic E-state index is -0.489. The monoisotopic (exact) mass is 244 g/mol. The normalized spacial score (nSPS) is 28.1. The molecule has 0 radical (unpaired) electrons. The van der Waals surface area contributed by atoms with Crippen LogP contribution in [0, 0.1) is 5.41 Å². The molecule has 1 amide bonds. The van der Waals surface area contributed by atoms with Crippen LogP contribution in [0.5, 0.6) is 0 Å². The second kappa shape index (κ2) is 4.29. The zero-order chi connectivity index (χ0) is 10.9. The average Bonchev–Trinajstić information content (AvgIpc) is 2.99. The SMILES string of the molecule is NC(=S)C1(C(=O)NC2CCCSC2)CC1. The highest BCUT2D eigenvalue weighted by Crippen LogP contribution is 2.46. The molecule has 84 valence electrons. The molecule has 3 N–H and O–H groups in total. The molecule has 0 aromatic carbocycles. The minimum absolute atomic E-state index is 0.0579. The number of hydrogen-bond donors (Lipinski definition) is 2. The van der Waals surface area contributed by atoms with Crippen LogP contribution < -0.4 is 11.1 Å². The minimum Gasteiger partial charge on any atom is -0.392 e. The zero-order valence-electron chi connectivity index (χ0n) is 8.62. The summed E-state index contributed by atoms with van der Waals surface area (Å²) >= 11 is 6.86. The van der Waals surface area contributed by atoms with Crippen LogP contribution in [-0.2, 0) is 4.79 Å². The molecular formula is C10H16N2OS2. The van der Waals surface area contributed by atoms with Gasteiger partial charge in [0, 0.05) is 11.8 Å². The van der Waals surface area contributed by atoms with Crippen molar-refractivity contribution in [3.05, 3.63) is 0 Å². The van der Waals surface area contributed by atoms with Crippen molar-refractivity contribution in [2.45, 2.75) is 31.7 Å². The highest BCUT2D eigenvalue weighted by atomic mass is 32.2. The van der Waals surface area contributed by atoms with E-state index in [4.69, 9.17) is 18.0 Å². The van der Waals surface area contributed by atoms with Gasteiger partial charge in [0.1, 0.15) is 0 Å². The van der Waals surface area contributed by atoms with E-state index in [0.717, 1.165) is 25.0 Å². The Balaban J connectivity index is 1.89. The van der Waals surface area contributed by atoms with Crippen molar-refractivity contribution in [1.82, 2.24) is 5.32 Å². The molecule has 2 rings (SSSR count). The zero-order valence-corrected chi connectivity index (χ0v) is 10.3. The van der Waals surface area contributed by atoms with E-state index >= 15 is 0 Å². The summed E-state index contributed by atoms with van der Waals surface area (Å²) in [5, 5.41) is 3.08. The Hall–Kier alpha value is -0.290. The number of thiocarbonyl (C=S) groups is 1. The average molecular weight is 244 g/mol. The molecule has 1 aliphatic heterocycles. The highest BCUT2D eigenvalue weighted by Gasteiger charge is 2.53. The quantitative estimate of drug-likeness (QED) is 0.729. The fraction of sp³-hybridized carbons (Fsp3) is 0.800. The fourth-order valence-corrected chi connectivity index (χ4v) is 3.26. The van der Waals surface area contributed by atoms with Crippen molar-refractivity contribution < 1.29 is 4.79 Å². The molecular weight excluding hydrogens is 228 g/mol. The van der Waals surface area contributed by atoms with E-state index in [1.807, 2.05) is 11.8 Å². The van der Waals surface area contributed by atoms with Gasteiger partial charge in [-0.3, -0.25) is 4.79 Å². The van der Waals surface area contributed by atoms with Gasteiger partial charge in [-0.15, -0.1) is 0 Å². The summed E-state index contributed by atoms with van der Waals surface area (Å²) in [7, 11) is 0. The van der Waals surface area contributed by atoms with Crippen LogP contribution in [0.3, 0.4) is 0 Å². The van der Waals surface area contributed by atoms with E-state index in [0.29, 0.717) is 11.0 Å². The van der Waals surface area contributed by atoms with E-state index in [2.05, 4.69) is 5.32 Å². The lowest BCUT2D eigenvalue weighted by Crippen LogP contribution is -2.46. The molecule has 15 heavy (non-hydrogen) atoms. The Labute approximate surface area is 99.5 Å². The van der Waals surface area contributed by atoms with Crippen molar-refractivity contribution in [3.63, 3.8) is 0 Å². The van der Waals surface area contributed by atoms with Gasteiger partial charge in [0.2, 0.25) is 5.91 Å². The second-order valence-electron chi connectivity index (χ2n) is 4.33. The number of rotatable bonds is 3. The Kier molecular flexibility index (Phi) is 3.21. The molecule has 0 spiro atoms. The van der Waals surface area contributed by atoms with Crippen molar-refractivity contribution >= 4 is 34.9 Å². The van der Waals surface area contributed by atoms with Gasteiger partial charge in [0.15, 0.2) is 0 Å². The van der Waals surface area contributed by atoms with Gasteiger partial charge < -0.3 is 11.1 Å². The molecule has 2 aliphatic rings. The highest BCUT2D eigenvalue weighted by molar-refractivity contribution is 7.99. The predicted molar refractivity (Wildman–Crippen MR) is 66.9 cm³/mol. The molecule has 0 aromatic rings. The van der Waals surface area contributed by atoms with Crippen LogP contribution in [0.2, 0.25) is 0 Å². The first-order valence-corrected chi connectivity index (χ1v) is 6.90.